The van der Waals surface area contributed by atoms with Crippen LogP contribution in [0.4, 0.5) is 0 Å². The van der Waals surface area contributed by atoms with Gasteiger partial charge in [0.05, 0.1) is 18.3 Å². The van der Waals surface area contributed by atoms with Crippen molar-refractivity contribution in [3.05, 3.63) is 16.1 Å². The van der Waals surface area contributed by atoms with Gasteiger partial charge in [0.25, 0.3) is 0 Å². The molecule has 0 fully saturated rings. The average Bonchev–Trinajstić information content (AvgIpc) is 2.63. The molecular weight excluding hydrogens is 210 g/mol. The van der Waals surface area contributed by atoms with Gasteiger partial charge < -0.3 is 10.5 Å². The first kappa shape index (κ1) is 12.6. The lowest BCUT2D eigenvalue weighted by Crippen LogP contribution is -2.22. The van der Waals surface area contributed by atoms with Crippen LogP contribution in [0.25, 0.3) is 0 Å². The van der Waals surface area contributed by atoms with Crippen LogP contribution in [-0.4, -0.2) is 37.2 Å². The zero-order valence-electron chi connectivity index (χ0n) is 9.56. The Hall–Kier alpha value is -0.490. The second-order valence-electron chi connectivity index (χ2n) is 3.70. The van der Waals surface area contributed by atoms with E-state index < -0.39 is 0 Å². The molecule has 0 bridgehead atoms. The Morgan fingerprint density at radius 2 is 2.40 bits per heavy atom. The fourth-order valence-corrected chi connectivity index (χ4v) is 1.98. The number of ether oxygens (including phenoxy) is 1. The summed E-state index contributed by atoms with van der Waals surface area (Å²) in [6.07, 6.45) is 0. The van der Waals surface area contributed by atoms with Crippen molar-refractivity contribution in [3.8, 4) is 0 Å². The highest BCUT2D eigenvalue weighted by Crippen LogP contribution is 2.16. The van der Waals surface area contributed by atoms with Gasteiger partial charge in [0.1, 0.15) is 5.01 Å². The second kappa shape index (κ2) is 6.17. The van der Waals surface area contributed by atoms with Crippen LogP contribution in [0.1, 0.15) is 23.7 Å². The minimum atomic E-state index is 0.0352. The fraction of sp³-hybridized carbons (Fsp3) is 0.700. The van der Waals surface area contributed by atoms with Crippen LogP contribution in [0.15, 0.2) is 5.38 Å². The van der Waals surface area contributed by atoms with E-state index in [2.05, 4.69) is 22.3 Å². The van der Waals surface area contributed by atoms with Crippen molar-refractivity contribution >= 4 is 11.3 Å². The van der Waals surface area contributed by atoms with Crippen molar-refractivity contribution in [2.75, 3.05) is 27.3 Å². The summed E-state index contributed by atoms with van der Waals surface area (Å²) in [5.74, 6) is 0. The highest BCUT2D eigenvalue weighted by atomic mass is 32.1. The molecule has 0 aliphatic carbocycles. The molecule has 0 aliphatic rings. The minimum absolute atomic E-state index is 0.0352. The van der Waals surface area contributed by atoms with Crippen molar-refractivity contribution in [3.63, 3.8) is 0 Å². The number of aromatic nitrogens is 1. The van der Waals surface area contributed by atoms with Gasteiger partial charge in [-0.25, -0.2) is 4.98 Å². The minimum Gasteiger partial charge on any atom is -0.383 e. The maximum Gasteiger partial charge on any atom is 0.109 e. The van der Waals surface area contributed by atoms with Crippen molar-refractivity contribution in [1.29, 1.82) is 0 Å². The topological polar surface area (TPSA) is 51.4 Å². The van der Waals surface area contributed by atoms with Gasteiger partial charge >= 0.3 is 0 Å². The molecule has 1 aromatic heterocycles. The summed E-state index contributed by atoms with van der Waals surface area (Å²) < 4.78 is 5.01. The molecule has 0 amide bonds. The predicted molar refractivity (Wildman–Crippen MR) is 62.9 cm³/mol. The Kier molecular flexibility index (Phi) is 5.17. The summed E-state index contributed by atoms with van der Waals surface area (Å²) in [4.78, 5) is 6.65. The molecule has 1 aromatic rings. The Morgan fingerprint density at radius 1 is 1.67 bits per heavy atom. The molecule has 86 valence electrons. The van der Waals surface area contributed by atoms with Crippen LogP contribution >= 0.6 is 11.3 Å². The summed E-state index contributed by atoms with van der Waals surface area (Å²) in [7, 11) is 3.77. The smallest absolute Gasteiger partial charge is 0.109 e. The maximum atomic E-state index is 5.75. The third-order valence-electron chi connectivity index (χ3n) is 2.07. The quantitative estimate of drug-likeness (QED) is 0.797. The summed E-state index contributed by atoms with van der Waals surface area (Å²) in [6, 6.07) is 0.0352. The zero-order chi connectivity index (χ0) is 11.3. The molecule has 0 saturated heterocycles. The molecule has 0 radical (unpaired) electrons. The molecule has 15 heavy (non-hydrogen) atoms. The van der Waals surface area contributed by atoms with Crippen LogP contribution in [-0.2, 0) is 11.3 Å². The Morgan fingerprint density at radius 3 is 2.93 bits per heavy atom. The van der Waals surface area contributed by atoms with Gasteiger partial charge in [0, 0.05) is 25.6 Å². The second-order valence-corrected chi connectivity index (χ2v) is 4.59. The number of hydrogen-bond donors (Lipinski definition) is 1. The summed E-state index contributed by atoms with van der Waals surface area (Å²) in [5.41, 5.74) is 6.84. The molecule has 0 aromatic carbocycles. The molecule has 0 saturated carbocycles. The van der Waals surface area contributed by atoms with E-state index in [1.54, 1.807) is 18.4 Å². The maximum absolute atomic E-state index is 5.75. The molecule has 2 N–H and O–H groups in total. The SMILES string of the molecule is COCCN(C)Cc1csc(C(C)N)n1. The standard InChI is InChI=1S/C10H19N3OS/c1-8(11)10-12-9(7-15-10)6-13(2)4-5-14-3/h7-8H,4-6,11H2,1-3H3. The van der Waals surface area contributed by atoms with E-state index in [1.807, 2.05) is 6.92 Å². The number of nitrogens with two attached hydrogens (primary N) is 1. The molecule has 4 nitrogen and oxygen atoms in total. The molecule has 1 unspecified atom stereocenters. The van der Waals surface area contributed by atoms with E-state index >= 15 is 0 Å². The lowest BCUT2D eigenvalue weighted by Gasteiger charge is -2.13. The Labute approximate surface area is 95.1 Å². The van der Waals surface area contributed by atoms with Crippen LogP contribution in [0.3, 0.4) is 0 Å². The van der Waals surface area contributed by atoms with Gasteiger partial charge in [0.15, 0.2) is 0 Å². The number of nitrogens with zero attached hydrogens (tertiary/aromatic N) is 2. The molecule has 1 heterocycles. The third-order valence-corrected chi connectivity index (χ3v) is 3.16. The number of likely N-dealkylation sites (N-methyl/N-ethyl adjacent to an activating group) is 1. The summed E-state index contributed by atoms with van der Waals surface area (Å²) >= 11 is 1.63. The Balaban J connectivity index is 2.42. The molecule has 5 heteroatoms. The largest absolute Gasteiger partial charge is 0.383 e. The average molecular weight is 229 g/mol. The van der Waals surface area contributed by atoms with E-state index in [-0.39, 0.29) is 6.04 Å². The molecule has 1 rings (SSSR count). The Bertz CT molecular complexity index is 288. The van der Waals surface area contributed by atoms with Gasteiger partial charge in [0.2, 0.25) is 0 Å². The van der Waals surface area contributed by atoms with Crippen molar-refractivity contribution < 1.29 is 4.74 Å². The number of thiazole rings is 1. The number of methoxy groups -OCH3 is 1. The molecular formula is C10H19N3OS. The van der Waals surface area contributed by atoms with E-state index in [9.17, 15) is 0 Å². The molecule has 1 atom stereocenters. The highest BCUT2D eigenvalue weighted by Gasteiger charge is 2.07. The van der Waals surface area contributed by atoms with E-state index in [4.69, 9.17) is 10.5 Å². The van der Waals surface area contributed by atoms with E-state index in [0.717, 1.165) is 30.4 Å². The van der Waals surface area contributed by atoms with Crippen LogP contribution < -0.4 is 5.73 Å². The number of rotatable bonds is 6. The van der Waals surface area contributed by atoms with E-state index in [1.165, 1.54) is 0 Å². The van der Waals surface area contributed by atoms with Gasteiger partial charge in [-0.1, -0.05) is 0 Å². The van der Waals surface area contributed by atoms with Crippen molar-refractivity contribution in [2.45, 2.75) is 19.5 Å². The van der Waals surface area contributed by atoms with Gasteiger partial charge in [-0.3, -0.25) is 4.90 Å². The van der Waals surface area contributed by atoms with Gasteiger partial charge in [-0.05, 0) is 14.0 Å². The van der Waals surface area contributed by atoms with Crippen LogP contribution in [0, 0.1) is 0 Å². The number of hydrogen-bond acceptors (Lipinski definition) is 5. The van der Waals surface area contributed by atoms with Crippen molar-refractivity contribution in [1.82, 2.24) is 9.88 Å². The first-order valence-corrected chi connectivity index (χ1v) is 5.88. The van der Waals surface area contributed by atoms with Gasteiger partial charge in [-0.2, -0.15) is 0 Å². The van der Waals surface area contributed by atoms with Gasteiger partial charge in [-0.15, -0.1) is 11.3 Å². The zero-order valence-corrected chi connectivity index (χ0v) is 10.4. The molecule has 0 spiro atoms. The van der Waals surface area contributed by atoms with Crippen molar-refractivity contribution in [2.24, 2.45) is 5.73 Å². The normalized spacial score (nSPS) is 13.4. The summed E-state index contributed by atoms with van der Waals surface area (Å²) in [5, 5.41) is 3.08. The third kappa shape index (κ3) is 4.25. The first-order valence-electron chi connectivity index (χ1n) is 5.01. The summed E-state index contributed by atoms with van der Waals surface area (Å²) in [6.45, 7) is 4.48. The fourth-order valence-electron chi connectivity index (χ4n) is 1.21. The predicted octanol–water partition coefficient (Wildman–Crippen LogP) is 1.24. The lowest BCUT2D eigenvalue weighted by atomic mass is 10.4. The highest BCUT2D eigenvalue weighted by molar-refractivity contribution is 7.09. The van der Waals surface area contributed by atoms with Crippen LogP contribution in [0.5, 0.6) is 0 Å². The lowest BCUT2D eigenvalue weighted by molar-refractivity contribution is 0.158. The first-order chi connectivity index (χ1) is 7.13. The van der Waals surface area contributed by atoms with Crippen LogP contribution in [0.2, 0.25) is 0 Å². The monoisotopic (exact) mass is 229 g/mol. The molecule has 0 aliphatic heterocycles. The van der Waals surface area contributed by atoms with E-state index in [0.29, 0.717) is 0 Å².